The molecule has 0 bridgehead atoms. The molecule has 2 rings (SSSR count). The van der Waals surface area contributed by atoms with Crippen molar-refractivity contribution in [3.8, 4) is 17.6 Å². The van der Waals surface area contributed by atoms with Crippen molar-refractivity contribution in [2.45, 2.75) is 13.0 Å². The molecule has 0 saturated heterocycles. The van der Waals surface area contributed by atoms with Crippen molar-refractivity contribution in [1.82, 2.24) is 4.90 Å². The van der Waals surface area contributed by atoms with E-state index in [1.54, 1.807) is 43.3 Å². The van der Waals surface area contributed by atoms with Gasteiger partial charge in [-0.05, 0) is 48.9 Å². The zero-order chi connectivity index (χ0) is 17.5. The van der Waals surface area contributed by atoms with Gasteiger partial charge in [-0.3, -0.25) is 4.79 Å². The second-order valence-electron chi connectivity index (χ2n) is 5.38. The van der Waals surface area contributed by atoms with Gasteiger partial charge in [-0.25, -0.2) is 0 Å². The van der Waals surface area contributed by atoms with Gasteiger partial charge in [0.15, 0.2) is 6.61 Å². The Bertz CT molecular complexity index is 718. The number of carbonyl (C=O) groups excluding carboxylic acids is 1. The molecule has 1 amide bonds. The zero-order valence-electron chi connectivity index (χ0n) is 14.0. The maximum atomic E-state index is 12.3. The van der Waals surface area contributed by atoms with Crippen molar-refractivity contribution in [2.75, 3.05) is 20.8 Å². The number of ether oxygens (including phenoxy) is 2. The van der Waals surface area contributed by atoms with Crippen LogP contribution in [-0.4, -0.2) is 31.6 Å². The van der Waals surface area contributed by atoms with Gasteiger partial charge in [0.2, 0.25) is 0 Å². The normalized spacial score (nSPS) is 11.2. The molecule has 0 N–H and O–H groups in total. The first-order chi connectivity index (χ1) is 11.5. The molecular weight excluding hydrogens is 304 g/mol. The highest BCUT2D eigenvalue weighted by atomic mass is 16.5. The van der Waals surface area contributed by atoms with Crippen molar-refractivity contribution in [2.24, 2.45) is 0 Å². The monoisotopic (exact) mass is 324 g/mol. The molecule has 5 nitrogen and oxygen atoms in total. The van der Waals surface area contributed by atoms with Gasteiger partial charge in [-0.15, -0.1) is 0 Å². The Labute approximate surface area is 142 Å². The van der Waals surface area contributed by atoms with Crippen LogP contribution in [0.25, 0.3) is 0 Å². The van der Waals surface area contributed by atoms with Crippen LogP contribution >= 0.6 is 0 Å². The molecule has 0 fully saturated rings. The third kappa shape index (κ3) is 4.26. The molecular formula is C19H20N2O3. The number of likely N-dealkylation sites (N-methyl/N-ethyl adjacent to an activating group) is 1. The molecule has 0 radical (unpaired) electrons. The number of hydrogen-bond donors (Lipinski definition) is 0. The number of rotatable bonds is 6. The first-order valence-corrected chi connectivity index (χ1v) is 7.57. The Morgan fingerprint density at radius 2 is 1.71 bits per heavy atom. The largest absolute Gasteiger partial charge is 0.497 e. The minimum Gasteiger partial charge on any atom is -0.497 e. The van der Waals surface area contributed by atoms with E-state index in [0.29, 0.717) is 11.3 Å². The SMILES string of the molecule is COc1ccc(C(C)N(C)C(=O)COc2ccc(C#N)cc2)cc1. The summed E-state index contributed by atoms with van der Waals surface area (Å²) in [6.45, 7) is 1.91. The van der Waals surface area contributed by atoms with E-state index in [1.807, 2.05) is 37.3 Å². The molecule has 0 heterocycles. The van der Waals surface area contributed by atoms with E-state index in [0.717, 1.165) is 11.3 Å². The van der Waals surface area contributed by atoms with Crippen molar-refractivity contribution in [3.63, 3.8) is 0 Å². The van der Waals surface area contributed by atoms with Crippen LogP contribution in [0.2, 0.25) is 0 Å². The average Bonchev–Trinajstić information content (AvgIpc) is 2.65. The average molecular weight is 324 g/mol. The maximum absolute atomic E-state index is 12.3. The fraction of sp³-hybridized carbons (Fsp3) is 0.263. The first kappa shape index (κ1) is 17.4. The molecule has 0 saturated carbocycles. The van der Waals surface area contributed by atoms with E-state index in [-0.39, 0.29) is 18.6 Å². The highest BCUT2D eigenvalue weighted by Crippen LogP contribution is 2.22. The molecule has 2 aromatic carbocycles. The highest BCUT2D eigenvalue weighted by molar-refractivity contribution is 5.78. The molecule has 0 aliphatic carbocycles. The second-order valence-corrected chi connectivity index (χ2v) is 5.38. The number of nitriles is 1. The smallest absolute Gasteiger partial charge is 0.260 e. The van der Waals surface area contributed by atoms with Crippen LogP contribution in [-0.2, 0) is 4.79 Å². The molecule has 5 heteroatoms. The summed E-state index contributed by atoms with van der Waals surface area (Å²) in [5.41, 5.74) is 1.57. The Hall–Kier alpha value is -3.00. The lowest BCUT2D eigenvalue weighted by atomic mass is 10.1. The summed E-state index contributed by atoms with van der Waals surface area (Å²) in [7, 11) is 3.37. The lowest BCUT2D eigenvalue weighted by molar-refractivity contribution is -0.134. The van der Waals surface area contributed by atoms with Gasteiger partial charge in [-0.2, -0.15) is 5.26 Å². The van der Waals surface area contributed by atoms with Gasteiger partial charge in [0.25, 0.3) is 5.91 Å². The minimum absolute atomic E-state index is 0.0527. The second kappa shape index (κ2) is 8.02. The van der Waals surface area contributed by atoms with E-state index >= 15 is 0 Å². The van der Waals surface area contributed by atoms with E-state index < -0.39 is 0 Å². The Balaban J connectivity index is 1.93. The molecule has 0 aliphatic heterocycles. The van der Waals surface area contributed by atoms with Crippen molar-refractivity contribution in [1.29, 1.82) is 5.26 Å². The van der Waals surface area contributed by atoms with Crippen molar-refractivity contribution in [3.05, 3.63) is 59.7 Å². The lowest BCUT2D eigenvalue weighted by Crippen LogP contribution is -2.33. The fourth-order valence-corrected chi connectivity index (χ4v) is 2.19. The van der Waals surface area contributed by atoms with Gasteiger partial charge >= 0.3 is 0 Å². The van der Waals surface area contributed by atoms with Gasteiger partial charge in [0.1, 0.15) is 11.5 Å². The Morgan fingerprint density at radius 3 is 2.25 bits per heavy atom. The summed E-state index contributed by atoms with van der Waals surface area (Å²) in [5, 5.41) is 8.76. The number of nitrogens with zero attached hydrogens (tertiary/aromatic N) is 2. The van der Waals surface area contributed by atoms with Gasteiger partial charge in [0, 0.05) is 7.05 Å². The highest BCUT2D eigenvalue weighted by Gasteiger charge is 2.18. The number of benzene rings is 2. The number of hydrogen-bond acceptors (Lipinski definition) is 4. The predicted octanol–water partition coefficient (Wildman–Crippen LogP) is 3.17. The molecule has 1 atom stereocenters. The minimum atomic E-state index is -0.123. The summed E-state index contributed by atoms with van der Waals surface area (Å²) >= 11 is 0. The summed E-state index contributed by atoms with van der Waals surface area (Å²) in [4.78, 5) is 13.9. The molecule has 1 unspecified atom stereocenters. The Kier molecular flexibility index (Phi) is 5.80. The van der Waals surface area contributed by atoms with Gasteiger partial charge in [-0.1, -0.05) is 12.1 Å². The first-order valence-electron chi connectivity index (χ1n) is 7.57. The van der Waals surface area contributed by atoms with Crippen LogP contribution in [0.5, 0.6) is 11.5 Å². The quantitative estimate of drug-likeness (QED) is 0.819. The van der Waals surface area contributed by atoms with Crippen LogP contribution in [0.4, 0.5) is 0 Å². The lowest BCUT2D eigenvalue weighted by Gasteiger charge is -2.25. The number of carbonyl (C=O) groups is 1. The summed E-state index contributed by atoms with van der Waals surface area (Å²) < 4.78 is 10.6. The maximum Gasteiger partial charge on any atom is 0.260 e. The summed E-state index contributed by atoms with van der Waals surface area (Å²) in [6.07, 6.45) is 0. The molecule has 0 spiro atoms. The zero-order valence-corrected chi connectivity index (χ0v) is 14.0. The van der Waals surface area contributed by atoms with Crippen LogP contribution in [0, 0.1) is 11.3 Å². The predicted molar refractivity (Wildman–Crippen MR) is 90.8 cm³/mol. The number of amides is 1. The van der Waals surface area contributed by atoms with Crippen molar-refractivity contribution < 1.29 is 14.3 Å². The van der Waals surface area contributed by atoms with Crippen LogP contribution in [0.15, 0.2) is 48.5 Å². The third-order valence-electron chi connectivity index (χ3n) is 3.92. The van der Waals surface area contributed by atoms with E-state index in [2.05, 4.69) is 0 Å². The Morgan fingerprint density at radius 1 is 1.12 bits per heavy atom. The fourth-order valence-electron chi connectivity index (χ4n) is 2.19. The third-order valence-corrected chi connectivity index (χ3v) is 3.92. The summed E-state index contributed by atoms with van der Waals surface area (Å²) in [5.74, 6) is 1.22. The van der Waals surface area contributed by atoms with Gasteiger partial charge < -0.3 is 14.4 Å². The van der Waals surface area contributed by atoms with E-state index in [4.69, 9.17) is 14.7 Å². The standard InChI is InChI=1S/C19H20N2O3/c1-14(16-6-10-17(23-3)11-7-16)21(2)19(22)13-24-18-8-4-15(12-20)5-9-18/h4-11,14H,13H2,1-3H3. The topological polar surface area (TPSA) is 62.6 Å². The molecule has 24 heavy (non-hydrogen) atoms. The van der Waals surface area contributed by atoms with Crippen LogP contribution < -0.4 is 9.47 Å². The molecule has 0 aromatic heterocycles. The molecule has 2 aromatic rings. The van der Waals surface area contributed by atoms with Crippen molar-refractivity contribution >= 4 is 5.91 Å². The van der Waals surface area contributed by atoms with E-state index in [9.17, 15) is 4.79 Å². The van der Waals surface area contributed by atoms with Crippen LogP contribution in [0.3, 0.4) is 0 Å². The number of methoxy groups -OCH3 is 1. The molecule has 124 valence electrons. The van der Waals surface area contributed by atoms with E-state index in [1.165, 1.54) is 0 Å². The van der Waals surface area contributed by atoms with Gasteiger partial charge in [0.05, 0.1) is 24.8 Å². The summed E-state index contributed by atoms with van der Waals surface area (Å²) in [6, 6.07) is 16.3. The molecule has 0 aliphatic rings. The van der Waals surface area contributed by atoms with Crippen LogP contribution in [0.1, 0.15) is 24.1 Å².